The molecule has 5 nitrogen and oxygen atoms in total. The predicted molar refractivity (Wildman–Crippen MR) is 99.5 cm³/mol. The molecule has 1 fully saturated rings. The van der Waals surface area contributed by atoms with Gasteiger partial charge in [0.25, 0.3) is 5.91 Å². The van der Waals surface area contributed by atoms with E-state index in [4.69, 9.17) is 4.74 Å². The molecule has 0 bridgehead atoms. The van der Waals surface area contributed by atoms with Crippen molar-refractivity contribution in [3.8, 4) is 0 Å². The molecule has 1 saturated heterocycles. The second-order valence-electron chi connectivity index (χ2n) is 6.17. The van der Waals surface area contributed by atoms with Gasteiger partial charge in [-0.05, 0) is 32.0 Å². The summed E-state index contributed by atoms with van der Waals surface area (Å²) >= 11 is 4.58. The maximum Gasteiger partial charge on any atom is 0.260 e. The number of carbonyl (C=O) groups excluding carboxylic acids is 1. The Morgan fingerprint density at radius 3 is 2.88 bits per heavy atom. The number of thiazole rings is 1. The second-order valence-corrected chi connectivity index (χ2v) is 7.95. The molecule has 1 aromatic carbocycles. The topological polar surface area (TPSA) is 54.5 Å². The molecule has 2 heterocycles. The molecule has 1 aliphatic rings. The third kappa shape index (κ3) is 4.84. The molecule has 1 aromatic heterocycles. The fourth-order valence-electron chi connectivity index (χ4n) is 2.92. The summed E-state index contributed by atoms with van der Waals surface area (Å²) in [6, 6.07) is 4.26. The zero-order valence-corrected chi connectivity index (χ0v) is 16.4. The summed E-state index contributed by atoms with van der Waals surface area (Å²) in [5.41, 5.74) is 0.873. The first-order valence-electron chi connectivity index (χ1n) is 7.99. The van der Waals surface area contributed by atoms with Crippen molar-refractivity contribution in [3.63, 3.8) is 0 Å². The van der Waals surface area contributed by atoms with Gasteiger partial charge in [-0.3, -0.25) is 15.0 Å². The van der Waals surface area contributed by atoms with Gasteiger partial charge in [-0.15, -0.1) is 11.3 Å². The molecular formula is C17H19BrFN3O2S. The van der Waals surface area contributed by atoms with E-state index in [-0.39, 0.29) is 17.8 Å². The molecule has 0 aliphatic carbocycles. The molecule has 8 heteroatoms. The van der Waals surface area contributed by atoms with Crippen LogP contribution in [0.25, 0.3) is 0 Å². The number of ether oxygens (including phenoxy) is 1. The van der Waals surface area contributed by atoms with E-state index in [1.807, 2.05) is 5.38 Å². The van der Waals surface area contributed by atoms with Crippen molar-refractivity contribution in [2.24, 2.45) is 0 Å². The monoisotopic (exact) mass is 427 g/mol. The Kier molecular flexibility index (Phi) is 5.83. The number of benzene rings is 1. The van der Waals surface area contributed by atoms with Crippen molar-refractivity contribution in [1.29, 1.82) is 0 Å². The highest BCUT2D eigenvalue weighted by atomic mass is 79.9. The molecule has 0 saturated carbocycles. The number of hydrogen-bond acceptors (Lipinski definition) is 5. The Bertz CT molecular complexity index is 760. The van der Waals surface area contributed by atoms with E-state index < -0.39 is 11.7 Å². The van der Waals surface area contributed by atoms with Crippen LogP contribution in [0.15, 0.2) is 28.1 Å². The summed E-state index contributed by atoms with van der Waals surface area (Å²) in [6.07, 6.45) is 0.391. The van der Waals surface area contributed by atoms with Gasteiger partial charge in [-0.1, -0.05) is 15.9 Å². The zero-order valence-electron chi connectivity index (χ0n) is 14.0. The zero-order chi connectivity index (χ0) is 18.0. The van der Waals surface area contributed by atoms with Crippen LogP contribution in [0, 0.1) is 5.82 Å². The first kappa shape index (κ1) is 18.4. The van der Waals surface area contributed by atoms with E-state index in [1.165, 1.54) is 23.5 Å². The molecule has 1 N–H and O–H groups in total. The van der Waals surface area contributed by atoms with Crippen LogP contribution < -0.4 is 5.32 Å². The maximum absolute atomic E-state index is 13.8. The van der Waals surface area contributed by atoms with E-state index in [2.05, 4.69) is 45.0 Å². The molecule has 25 heavy (non-hydrogen) atoms. The number of hydrogen-bond donors (Lipinski definition) is 1. The van der Waals surface area contributed by atoms with Crippen LogP contribution in [-0.4, -0.2) is 41.1 Å². The Morgan fingerprint density at radius 1 is 1.44 bits per heavy atom. The number of carbonyl (C=O) groups is 1. The number of nitrogens with zero attached hydrogens (tertiary/aromatic N) is 2. The number of anilines is 1. The van der Waals surface area contributed by atoms with E-state index in [9.17, 15) is 9.18 Å². The first-order valence-corrected chi connectivity index (χ1v) is 9.66. The number of amides is 1. The van der Waals surface area contributed by atoms with E-state index in [0.29, 0.717) is 16.1 Å². The number of halogens is 2. The summed E-state index contributed by atoms with van der Waals surface area (Å²) in [6.45, 7) is 6.53. The molecule has 2 aromatic rings. The largest absolute Gasteiger partial charge is 0.373 e. The Labute approximate surface area is 158 Å². The number of rotatable bonds is 4. The molecule has 0 spiro atoms. The Hall–Kier alpha value is -1.35. The molecule has 0 radical (unpaired) electrons. The van der Waals surface area contributed by atoms with Gasteiger partial charge in [-0.25, -0.2) is 9.37 Å². The highest BCUT2D eigenvalue weighted by Gasteiger charge is 2.23. The minimum Gasteiger partial charge on any atom is -0.373 e. The van der Waals surface area contributed by atoms with E-state index in [0.717, 1.165) is 18.8 Å². The fraction of sp³-hybridized carbons (Fsp3) is 0.412. The number of nitrogens with one attached hydrogen (secondary N) is 1. The summed E-state index contributed by atoms with van der Waals surface area (Å²) in [5, 5.41) is 5.05. The maximum atomic E-state index is 13.8. The van der Waals surface area contributed by atoms with Gasteiger partial charge in [0, 0.05) is 29.5 Å². The molecule has 134 valence electrons. The number of aromatic nitrogens is 1. The predicted octanol–water partition coefficient (Wildman–Crippen LogP) is 3.91. The molecule has 3 rings (SSSR count). The Balaban J connectivity index is 1.63. The molecule has 2 atom stereocenters. The van der Waals surface area contributed by atoms with Gasteiger partial charge in [-0.2, -0.15) is 0 Å². The van der Waals surface area contributed by atoms with E-state index in [1.54, 1.807) is 6.07 Å². The lowest BCUT2D eigenvalue weighted by Gasteiger charge is -2.34. The van der Waals surface area contributed by atoms with Gasteiger partial charge in [0.2, 0.25) is 0 Å². The van der Waals surface area contributed by atoms with Gasteiger partial charge in [0.15, 0.2) is 5.13 Å². The summed E-state index contributed by atoms with van der Waals surface area (Å²) in [7, 11) is 0. The van der Waals surface area contributed by atoms with Crippen molar-refractivity contribution >= 4 is 38.3 Å². The van der Waals surface area contributed by atoms with Gasteiger partial charge >= 0.3 is 0 Å². The van der Waals surface area contributed by atoms with Crippen molar-refractivity contribution in [2.45, 2.75) is 32.6 Å². The summed E-state index contributed by atoms with van der Waals surface area (Å²) in [5.74, 6) is -1.07. The van der Waals surface area contributed by atoms with Crippen molar-refractivity contribution in [1.82, 2.24) is 9.88 Å². The third-order valence-electron chi connectivity index (χ3n) is 3.83. The normalized spacial score (nSPS) is 21.3. The average Bonchev–Trinajstić information content (AvgIpc) is 2.95. The first-order chi connectivity index (χ1) is 11.9. The third-order valence-corrected chi connectivity index (χ3v) is 5.13. The van der Waals surface area contributed by atoms with Crippen LogP contribution in [0.5, 0.6) is 0 Å². The van der Waals surface area contributed by atoms with Crippen LogP contribution in [0.3, 0.4) is 0 Å². The average molecular weight is 428 g/mol. The lowest BCUT2D eigenvalue weighted by atomic mass is 10.2. The lowest BCUT2D eigenvalue weighted by Crippen LogP contribution is -2.44. The second kappa shape index (κ2) is 7.90. The minimum atomic E-state index is -0.561. The minimum absolute atomic E-state index is 0.0121. The van der Waals surface area contributed by atoms with Gasteiger partial charge in [0.05, 0.1) is 23.5 Å². The van der Waals surface area contributed by atoms with Crippen molar-refractivity contribution in [3.05, 3.63) is 45.1 Å². The molecule has 0 unspecified atom stereocenters. The highest BCUT2D eigenvalue weighted by Crippen LogP contribution is 2.21. The van der Waals surface area contributed by atoms with Crippen molar-refractivity contribution < 1.29 is 13.9 Å². The van der Waals surface area contributed by atoms with Crippen LogP contribution in [0.2, 0.25) is 0 Å². The van der Waals surface area contributed by atoms with Crippen LogP contribution in [0.1, 0.15) is 29.9 Å². The summed E-state index contributed by atoms with van der Waals surface area (Å²) < 4.78 is 20.2. The highest BCUT2D eigenvalue weighted by molar-refractivity contribution is 9.10. The number of morpholine rings is 1. The molecule has 1 amide bonds. The van der Waals surface area contributed by atoms with Crippen LogP contribution in [-0.2, 0) is 11.3 Å². The van der Waals surface area contributed by atoms with Crippen molar-refractivity contribution in [2.75, 3.05) is 18.4 Å². The lowest BCUT2D eigenvalue weighted by molar-refractivity contribution is -0.0707. The fourth-order valence-corrected chi connectivity index (χ4v) is 3.97. The SMILES string of the molecule is C[C@@H]1CN(Cc2csc(NC(=O)c3cc(Br)ccc3F)n2)C[C@H](C)O1. The molecule has 1 aliphatic heterocycles. The van der Waals surface area contributed by atoms with Gasteiger partial charge < -0.3 is 4.74 Å². The van der Waals surface area contributed by atoms with E-state index >= 15 is 0 Å². The molecular weight excluding hydrogens is 409 g/mol. The Morgan fingerprint density at radius 2 is 2.16 bits per heavy atom. The smallest absolute Gasteiger partial charge is 0.260 e. The summed E-state index contributed by atoms with van der Waals surface area (Å²) in [4.78, 5) is 19.0. The standard InChI is InChI=1S/C17H19BrFN3O2S/c1-10-6-22(7-11(2)24-10)8-13-9-25-17(20-13)21-16(23)14-5-12(18)3-4-15(14)19/h3-5,9-11H,6-8H2,1-2H3,(H,20,21,23)/t10-,11+. The van der Waals surface area contributed by atoms with Gasteiger partial charge in [0.1, 0.15) is 5.82 Å². The van der Waals surface area contributed by atoms with Crippen LogP contribution >= 0.6 is 27.3 Å². The van der Waals surface area contributed by atoms with Crippen LogP contribution in [0.4, 0.5) is 9.52 Å². The quantitative estimate of drug-likeness (QED) is 0.803.